The zero-order chi connectivity index (χ0) is 18.8. The maximum absolute atomic E-state index is 5.62. The van der Waals surface area contributed by atoms with Crippen molar-refractivity contribution < 1.29 is 4.74 Å². The van der Waals surface area contributed by atoms with Crippen LogP contribution in [0.15, 0.2) is 6.20 Å². The molecule has 3 aliphatic rings. The quantitative estimate of drug-likeness (QED) is 0.760. The predicted octanol–water partition coefficient (Wildman–Crippen LogP) is 0.0363. The zero-order valence-corrected chi connectivity index (χ0v) is 16.3. The average molecular weight is 387 g/mol. The third kappa shape index (κ3) is 3.30. The molecule has 10 nitrogen and oxygen atoms in total. The maximum Gasteiger partial charge on any atom is 0.185 e. The van der Waals surface area contributed by atoms with E-state index in [9.17, 15) is 0 Å². The second-order valence-corrected chi connectivity index (χ2v) is 7.60. The van der Waals surface area contributed by atoms with Crippen molar-refractivity contribution in [3.8, 4) is 11.5 Å². The van der Waals surface area contributed by atoms with E-state index in [1.807, 2.05) is 0 Å². The second kappa shape index (κ2) is 7.96. The van der Waals surface area contributed by atoms with Crippen molar-refractivity contribution in [2.45, 2.75) is 19.3 Å². The lowest BCUT2D eigenvalue weighted by Gasteiger charge is -2.38. The molecule has 2 N–H and O–H groups in total. The highest BCUT2D eigenvalue weighted by molar-refractivity contribution is 5.71. The molecule has 3 fully saturated rings. The summed E-state index contributed by atoms with van der Waals surface area (Å²) in [5.74, 6) is 3.15. The molecule has 3 aliphatic heterocycles. The predicted molar refractivity (Wildman–Crippen MR) is 108 cm³/mol. The molecular formula is C18H29N9O. The number of hydrogen-bond donors (Lipinski definition) is 2. The third-order valence-electron chi connectivity index (χ3n) is 5.80. The van der Waals surface area contributed by atoms with Gasteiger partial charge in [0, 0.05) is 39.3 Å². The van der Waals surface area contributed by atoms with Crippen LogP contribution in [0.5, 0.6) is 0 Å². The lowest BCUT2D eigenvalue weighted by Crippen LogP contribution is -2.47. The van der Waals surface area contributed by atoms with Crippen LogP contribution in [-0.4, -0.2) is 90.6 Å². The molecule has 0 aliphatic carbocycles. The molecule has 3 saturated heterocycles. The highest BCUT2D eigenvalue weighted by Crippen LogP contribution is 2.36. The number of H-pyrrole nitrogens is 1. The molecular weight excluding hydrogens is 358 g/mol. The molecule has 2 aromatic heterocycles. The minimum Gasteiger partial charge on any atom is -0.378 e. The van der Waals surface area contributed by atoms with Crippen LogP contribution in [-0.2, 0) is 4.74 Å². The largest absolute Gasteiger partial charge is 0.378 e. The molecule has 0 radical (unpaired) electrons. The Labute approximate surface area is 164 Å². The number of nitrogens with zero attached hydrogens (tertiary/aromatic N) is 7. The summed E-state index contributed by atoms with van der Waals surface area (Å²) in [5.41, 5.74) is 0.783. The van der Waals surface area contributed by atoms with Crippen LogP contribution in [0.1, 0.15) is 19.3 Å². The first-order valence-electron chi connectivity index (χ1n) is 10.4. The van der Waals surface area contributed by atoms with E-state index in [-0.39, 0.29) is 0 Å². The van der Waals surface area contributed by atoms with Gasteiger partial charge in [-0.05, 0) is 19.3 Å². The van der Waals surface area contributed by atoms with Gasteiger partial charge in [-0.2, -0.15) is 15.4 Å². The number of imidazole rings is 1. The van der Waals surface area contributed by atoms with Crippen molar-refractivity contribution in [3.05, 3.63) is 6.20 Å². The van der Waals surface area contributed by atoms with Crippen molar-refractivity contribution in [2.24, 2.45) is 0 Å². The molecule has 5 rings (SSSR count). The first-order chi connectivity index (χ1) is 13.9. The van der Waals surface area contributed by atoms with Crippen molar-refractivity contribution in [3.63, 3.8) is 0 Å². The summed E-state index contributed by atoms with van der Waals surface area (Å²) in [5, 5.41) is 17.0. The monoisotopic (exact) mass is 387 g/mol. The average Bonchev–Trinajstić information content (AvgIpc) is 3.43. The van der Waals surface area contributed by atoms with Crippen molar-refractivity contribution >= 4 is 11.6 Å². The molecule has 2 aromatic rings. The van der Waals surface area contributed by atoms with Gasteiger partial charge in [0.2, 0.25) is 0 Å². The summed E-state index contributed by atoms with van der Waals surface area (Å²) in [4.78, 5) is 10.1. The molecule has 5 heterocycles. The van der Waals surface area contributed by atoms with Gasteiger partial charge in [0.15, 0.2) is 17.5 Å². The Kier molecular flexibility index (Phi) is 5.05. The Morgan fingerprint density at radius 1 is 0.893 bits per heavy atom. The topological polar surface area (TPSA) is 90.4 Å². The van der Waals surface area contributed by atoms with E-state index < -0.39 is 0 Å². The van der Waals surface area contributed by atoms with Crippen LogP contribution in [0.4, 0.5) is 11.6 Å². The fourth-order valence-corrected chi connectivity index (χ4v) is 4.36. The highest BCUT2D eigenvalue weighted by Gasteiger charge is 2.32. The standard InChI is InChI=1S/C18H29N9O/c1-2-6-25(7-3-1)18-17(24-8-4-19-5-9-24)21-16(15-14-20-23-22-15)27(18)26-10-12-28-13-11-26/h14,19H,1-13H2,(H,20,22,23). The minimum atomic E-state index is 0.735. The van der Waals surface area contributed by atoms with Crippen molar-refractivity contribution in [1.82, 2.24) is 30.4 Å². The third-order valence-corrected chi connectivity index (χ3v) is 5.80. The van der Waals surface area contributed by atoms with Gasteiger partial charge in [0.1, 0.15) is 5.69 Å². The summed E-state index contributed by atoms with van der Waals surface area (Å²) in [7, 11) is 0. The Morgan fingerprint density at radius 3 is 2.39 bits per heavy atom. The van der Waals surface area contributed by atoms with Gasteiger partial charge in [-0.15, -0.1) is 0 Å². The number of ether oxygens (including phenoxy) is 1. The van der Waals surface area contributed by atoms with Crippen LogP contribution in [0.2, 0.25) is 0 Å². The Hall–Kier alpha value is -2.33. The van der Waals surface area contributed by atoms with Crippen LogP contribution in [0, 0.1) is 0 Å². The molecule has 0 amide bonds. The number of rotatable bonds is 4. The Balaban J connectivity index is 1.64. The molecule has 10 heteroatoms. The lowest BCUT2D eigenvalue weighted by molar-refractivity contribution is 0.111. The normalized spacial score (nSPS) is 21.4. The van der Waals surface area contributed by atoms with E-state index in [1.165, 1.54) is 25.1 Å². The van der Waals surface area contributed by atoms with Gasteiger partial charge in [-0.3, -0.25) is 0 Å². The van der Waals surface area contributed by atoms with Gasteiger partial charge in [-0.1, -0.05) is 0 Å². The fourth-order valence-electron chi connectivity index (χ4n) is 4.36. The molecule has 28 heavy (non-hydrogen) atoms. The van der Waals surface area contributed by atoms with Crippen LogP contribution < -0.4 is 20.1 Å². The van der Waals surface area contributed by atoms with Crippen LogP contribution in [0.3, 0.4) is 0 Å². The smallest absolute Gasteiger partial charge is 0.185 e. The number of piperazine rings is 1. The maximum atomic E-state index is 5.62. The zero-order valence-electron chi connectivity index (χ0n) is 16.3. The fraction of sp³-hybridized carbons (Fsp3) is 0.722. The van der Waals surface area contributed by atoms with E-state index in [1.54, 1.807) is 6.20 Å². The van der Waals surface area contributed by atoms with E-state index in [4.69, 9.17) is 9.72 Å². The van der Waals surface area contributed by atoms with E-state index in [2.05, 4.69) is 40.2 Å². The van der Waals surface area contributed by atoms with Gasteiger partial charge >= 0.3 is 0 Å². The number of aromatic nitrogens is 5. The van der Waals surface area contributed by atoms with Crippen LogP contribution >= 0.6 is 0 Å². The van der Waals surface area contributed by atoms with Crippen molar-refractivity contribution in [2.75, 3.05) is 80.4 Å². The molecule has 0 bridgehead atoms. The minimum absolute atomic E-state index is 0.735. The summed E-state index contributed by atoms with van der Waals surface area (Å²) < 4.78 is 7.91. The molecule has 0 atom stereocenters. The van der Waals surface area contributed by atoms with Crippen LogP contribution in [0.25, 0.3) is 11.5 Å². The SMILES string of the molecule is c1n[nH]nc1-c1nc(N2CCNCC2)c(N2CCCCC2)n1N1CCOCC1. The first-order valence-corrected chi connectivity index (χ1v) is 10.4. The van der Waals surface area contributed by atoms with Crippen molar-refractivity contribution in [1.29, 1.82) is 0 Å². The van der Waals surface area contributed by atoms with E-state index >= 15 is 0 Å². The highest BCUT2D eigenvalue weighted by atomic mass is 16.5. The van der Waals surface area contributed by atoms with E-state index in [0.717, 1.165) is 82.9 Å². The number of hydrogen-bond acceptors (Lipinski definition) is 8. The first kappa shape index (κ1) is 17.7. The van der Waals surface area contributed by atoms with Gasteiger partial charge in [-0.25, -0.2) is 9.66 Å². The summed E-state index contributed by atoms with van der Waals surface area (Å²) in [6, 6.07) is 0. The molecule has 0 unspecified atom stereocenters. The summed E-state index contributed by atoms with van der Waals surface area (Å²) in [6.45, 7) is 9.25. The van der Waals surface area contributed by atoms with Gasteiger partial charge in [0.25, 0.3) is 0 Å². The number of anilines is 2. The molecule has 0 saturated carbocycles. The summed E-state index contributed by atoms with van der Waals surface area (Å²) >= 11 is 0. The second-order valence-electron chi connectivity index (χ2n) is 7.60. The van der Waals surface area contributed by atoms with E-state index in [0.29, 0.717) is 0 Å². The lowest BCUT2D eigenvalue weighted by atomic mass is 10.1. The van der Waals surface area contributed by atoms with Gasteiger partial charge in [0.05, 0.1) is 32.5 Å². The Bertz CT molecular complexity index is 756. The number of morpholine rings is 1. The number of aromatic amines is 1. The molecule has 0 aromatic carbocycles. The van der Waals surface area contributed by atoms with Gasteiger partial charge < -0.3 is 24.9 Å². The molecule has 0 spiro atoms. The number of piperidine rings is 1. The molecule has 152 valence electrons. The Morgan fingerprint density at radius 2 is 1.68 bits per heavy atom. The number of nitrogens with one attached hydrogen (secondary N) is 2. The summed E-state index contributed by atoms with van der Waals surface area (Å²) in [6.07, 6.45) is 5.53.